The van der Waals surface area contributed by atoms with E-state index in [4.69, 9.17) is 0 Å². The molecule has 0 N–H and O–H groups in total. The standard InChI is InChI=1S/C24H27NO2/c26-23(21-10-5-2-6-11-21)12-7-17-25-18-15-22(16-19-25)24(27)14-13-20-8-3-1-4-9-20/h1-6,8-11,13-14,22H,7,12,15-19H2. The lowest BCUT2D eigenvalue weighted by molar-refractivity contribution is -0.119. The Morgan fingerprint density at radius 3 is 2.22 bits per heavy atom. The first-order valence-electron chi connectivity index (χ1n) is 9.80. The third-order valence-electron chi connectivity index (χ3n) is 5.20. The van der Waals surface area contributed by atoms with Crippen molar-refractivity contribution in [1.82, 2.24) is 4.90 Å². The number of allylic oxidation sites excluding steroid dienone is 1. The van der Waals surface area contributed by atoms with Crippen molar-refractivity contribution >= 4 is 17.6 Å². The Kier molecular flexibility index (Phi) is 7.11. The van der Waals surface area contributed by atoms with Gasteiger partial charge in [-0.15, -0.1) is 0 Å². The number of nitrogens with zero attached hydrogens (tertiary/aromatic N) is 1. The lowest BCUT2D eigenvalue weighted by Crippen LogP contribution is -2.36. The van der Waals surface area contributed by atoms with Crippen molar-refractivity contribution in [2.24, 2.45) is 5.92 Å². The van der Waals surface area contributed by atoms with E-state index in [0.29, 0.717) is 6.42 Å². The van der Waals surface area contributed by atoms with Crippen LogP contribution in [0.2, 0.25) is 0 Å². The zero-order valence-corrected chi connectivity index (χ0v) is 15.7. The fourth-order valence-corrected chi connectivity index (χ4v) is 3.55. The van der Waals surface area contributed by atoms with Gasteiger partial charge in [0.05, 0.1) is 0 Å². The second kappa shape index (κ2) is 9.98. The normalized spacial score (nSPS) is 15.9. The van der Waals surface area contributed by atoms with Crippen molar-refractivity contribution in [2.45, 2.75) is 25.7 Å². The Labute approximate surface area is 161 Å². The van der Waals surface area contributed by atoms with Crippen LogP contribution in [-0.2, 0) is 4.79 Å². The number of carbonyl (C=O) groups is 2. The van der Waals surface area contributed by atoms with Crippen molar-refractivity contribution in [3.63, 3.8) is 0 Å². The van der Waals surface area contributed by atoms with E-state index in [9.17, 15) is 9.59 Å². The van der Waals surface area contributed by atoms with Crippen LogP contribution < -0.4 is 0 Å². The number of ketones is 2. The highest BCUT2D eigenvalue weighted by molar-refractivity contribution is 5.96. The van der Waals surface area contributed by atoms with E-state index in [1.54, 1.807) is 6.08 Å². The number of rotatable bonds is 8. The number of piperidine rings is 1. The summed E-state index contributed by atoms with van der Waals surface area (Å²) in [6, 6.07) is 19.4. The fraction of sp³-hybridized carbons (Fsp3) is 0.333. The van der Waals surface area contributed by atoms with E-state index in [-0.39, 0.29) is 17.5 Å². The summed E-state index contributed by atoms with van der Waals surface area (Å²) in [7, 11) is 0. The minimum absolute atomic E-state index is 0.132. The van der Waals surface area contributed by atoms with Crippen LogP contribution in [0.4, 0.5) is 0 Å². The molecule has 0 spiro atoms. The van der Waals surface area contributed by atoms with Gasteiger partial charge in [0.15, 0.2) is 11.6 Å². The van der Waals surface area contributed by atoms with Gasteiger partial charge in [0.2, 0.25) is 0 Å². The summed E-state index contributed by atoms with van der Waals surface area (Å²) in [5.41, 5.74) is 1.86. The molecule has 0 aromatic heterocycles. The van der Waals surface area contributed by atoms with E-state index >= 15 is 0 Å². The molecule has 0 saturated carbocycles. The van der Waals surface area contributed by atoms with Crippen molar-refractivity contribution in [3.8, 4) is 0 Å². The number of carbonyl (C=O) groups excluding carboxylic acids is 2. The second-order valence-electron chi connectivity index (χ2n) is 7.16. The quantitative estimate of drug-likeness (QED) is 0.507. The van der Waals surface area contributed by atoms with E-state index in [1.165, 1.54) is 0 Å². The van der Waals surface area contributed by atoms with Gasteiger partial charge in [-0.2, -0.15) is 0 Å². The number of hydrogen-bond donors (Lipinski definition) is 0. The molecule has 0 atom stereocenters. The average molecular weight is 361 g/mol. The summed E-state index contributed by atoms with van der Waals surface area (Å²) in [4.78, 5) is 26.9. The molecule has 1 heterocycles. The molecule has 0 radical (unpaired) electrons. The Bertz CT molecular complexity index is 759. The number of hydrogen-bond acceptors (Lipinski definition) is 3. The van der Waals surface area contributed by atoms with Gasteiger partial charge in [-0.25, -0.2) is 0 Å². The van der Waals surface area contributed by atoms with Gasteiger partial charge >= 0.3 is 0 Å². The molecule has 3 heteroatoms. The summed E-state index contributed by atoms with van der Waals surface area (Å²) in [6.45, 7) is 2.81. The minimum Gasteiger partial charge on any atom is -0.303 e. The first-order valence-corrected chi connectivity index (χ1v) is 9.80. The van der Waals surface area contributed by atoms with Crippen LogP contribution in [0, 0.1) is 5.92 Å². The van der Waals surface area contributed by atoms with E-state index < -0.39 is 0 Å². The zero-order valence-electron chi connectivity index (χ0n) is 15.7. The third kappa shape index (κ3) is 6.00. The molecule has 1 aliphatic rings. The summed E-state index contributed by atoms with van der Waals surface area (Å²) in [5.74, 6) is 0.580. The molecule has 1 fully saturated rings. The summed E-state index contributed by atoms with van der Waals surface area (Å²) >= 11 is 0. The van der Waals surface area contributed by atoms with Crippen LogP contribution in [-0.4, -0.2) is 36.1 Å². The molecule has 0 unspecified atom stereocenters. The van der Waals surface area contributed by atoms with Crippen LogP contribution in [0.1, 0.15) is 41.6 Å². The smallest absolute Gasteiger partial charge is 0.162 e. The Morgan fingerprint density at radius 2 is 1.56 bits per heavy atom. The summed E-state index contributed by atoms with van der Waals surface area (Å²) in [6.07, 6.45) is 6.91. The molecule has 1 saturated heterocycles. The Balaban J connectivity index is 1.37. The molecule has 2 aromatic carbocycles. The maximum atomic E-state index is 12.4. The van der Waals surface area contributed by atoms with Gasteiger partial charge in [-0.1, -0.05) is 66.7 Å². The fourth-order valence-electron chi connectivity index (χ4n) is 3.55. The van der Waals surface area contributed by atoms with Crippen LogP contribution >= 0.6 is 0 Å². The number of likely N-dealkylation sites (tertiary alicyclic amines) is 1. The van der Waals surface area contributed by atoms with Crippen molar-refractivity contribution in [1.29, 1.82) is 0 Å². The molecule has 1 aliphatic heterocycles. The first kappa shape index (κ1) is 19.2. The molecule has 3 nitrogen and oxygen atoms in total. The van der Waals surface area contributed by atoms with Gasteiger partial charge in [0.25, 0.3) is 0 Å². The molecular weight excluding hydrogens is 334 g/mol. The van der Waals surface area contributed by atoms with E-state index in [1.807, 2.05) is 66.7 Å². The van der Waals surface area contributed by atoms with Crippen LogP contribution in [0.15, 0.2) is 66.7 Å². The maximum Gasteiger partial charge on any atom is 0.162 e. The lowest BCUT2D eigenvalue weighted by atomic mass is 9.92. The highest BCUT2D eigenvalue weighted by Gasteiger charge is 2.23. The van der Waals surface area contributed by atoms with Crippen LogP contribution in [0.3, 0.4) is 0 Å². The molecule has 0 bridgehead atoms. The first-order chi connectivity index (χ1) is 13.2. The van der Waals surface area contributed by atoms with E-state index in [2.05, 4.69) is 4.90 Å². The number of benzene rings is 2. The maximum absolute atomic E-state index is 12.4. The topological polar surface area (TPSA) is 37.4 Å². The van der Waals surface area contributed by atoms with Crippen LogP contribution in [0.25, 0.3) is 6.08 Å². The van der Waals surface area contributed by atoms with Gasteiger partial charge in [0, 0.05) is 17.9 Å². The molecule has 3 rings (SSSR count). The monoisotopic (exact) mass is 361 g/mol. The van der Waals surface area contributed by atoms with Crippen molar-refractivity contribution in [3.05, 3.63) is 77.9 Å². The summed E-state index contributed by atoms with van der Waals surface area (Å²) < 4.78 is 0. The van der Waals surface area contributed by atoms with E-state index in [0.717, 1.165) is 50.0 Å². The predicted molar refractivity (Wildman–Crippen MR) is 110 cm³/mol. The molecule has 2 aromatic rings. The zero-order chi connectivity index (χ0) is 18.9. The van der Waals surface area contributed by atoms with Gasteiger partial charge in [-0.3, -0.25) is 9.59 Å². The number of Topliss-reactive ketones (excluding diaryl/α,β-unsaturated/α-hetero) is 1. The summed E-state index contributed by atoms with van der Waals surface area (Å²) in [5, 5.41) is 0. The third-order valence-corrected chi connectivity index (χ3v) is 5.20. The van der Waals surface area contributed by atoms with Crippen LogP contribution in [0.5, 0.6) is 0 Å². The predicted octanol–water partition coefficient (Wildman–Crippen LogP) is 4.64. The van der Waals surface area contributed by atoms with Gasteiger partial charge in [-0.05, 0) is 50.5 Å². The Hall–Kier alpha value is -2.52. The highest BCUT2D eigenvalue weighted by atomic mass is 16.1. The highest BCUT2D eigenvalue weighted by Crippen LogP contribution is 2.20. The molecule has 27 heavy (non-hydrogen) atoms. The SMILES string of the molecule is O=C(CCCN1CCC(C(=O)C=Cc2ccccc2)CC1)c1ccccc1. The molecule has 0 aliphatic carbocycles. The minimum atomic E-state index is 0.132. The largest absolute Gasteiger partial charge is 0.303 e. The average Bonchev–Trinajstić information content (AvgIpc) is 2.74. The van der Waals surface area contributed by atoms with Gasteiger partial charge in [0.1, 0.15) is 0 Å². The van der Waals surface area contributed by atoms with Crippen molar-refractivity contribution in [2.75, 3.05) is 19.6 Å². The molecule has 0 amide bonds. The lowest BCUT2D eigenvalue weighted by Gasteiger charge is -2.30. The molecular formula is C24H27NO2. The Morgan fingerprint density at radius 1 is 0.926 bits per heavy atom. The van der Waals surface area contributed by atoms with Crippen molar-refractivity contribution < 1.29 is 9.59 Å². The van der Waals surface area contributed by atoms with Gasteiger partial charge < -0.3 is 4.90 Å². The molecule has 140 valence electrons. The second-order valence-corrected chi connectivity index (χ2v) is 7.16.